The molecule has 3 heterocycles. The van der Waals surface area contributed by atoms with Crippen LogP contribution in [0, 0.1) is 5.82 Å². The molecule has 2 aromatic rings. The number of hydrogen-bond acceptors (Lipinski definition) is 4. The highest BCUT2D eigenvalue weighted by molar-refractivity contribution is 5.92. The summed E-state index contributed by atoms with van der Waals surface area (Å²) < 4.78 is 29.3. The third-order valence-corrected chi connectivity index (χ3v) is 5.29. The molecule has 1 N–H and O–H groups in total. The molecule has 8 nitrogen and oxygen atoms in total. The Morgan fingerprint density at radius 3 is 2.72 bits per heavy atom. The Labute approximate surface area is 166 Å². The smallest absolute Gasteiger partial charge is 0.322 e. The summed E-state index contributed by atoms with van der Waals surface area (Å²) in [5, 5.41) is 10.4. The fourth-order valence-corrected chi connectivity index (χ4v) is 3.81. The van der Waals surface area contributed by atoms with E-state index in [9.17, 15) is 18.4 Å². The number of alkyl halides is 1. The summed E-state index contributed by atoms with van der Waals surface area (Å²) in [6, 6.07) is 4.75. The zero-order valence-corrected chi connectivity index (χ0v) is 15.8. The average molecular weight is 404 g/mol. The summed E-state index contributed by atoms with van der Waals surface area (Å²) in [4.78, 5) is 28.0. The normalized spacial score (nSPS) is 21.6. The molecule has 2 fully saturated rings. The van der Waals surface area contributed by atoms with Gasteiger partial charge in [-0.2, -0.15) is 0 Å². The van der Waals surface area contributed by atoms with E-state index in [1.807, 2.05) is 0 Å². The molecular weight excluding hydrogens is 382 g/mol. The molecule has 0 radical (unpaired) electrons. The predicted molar refractivity (Wildman–Crippen MR) is 101 cm³/mol. The van der Waals surface area contributed by atoms with Crippen LogP contribution >= 0.6 is 0 Å². The Morgan fingerprint density at radius 2 is 1.97 bits per heavy atom. The summed E-state index contributed by atoms with van der Waals surface area (Å²) in [5.74, 6) is -0.729. The lowest BCUT2D eigenvalue weighted by Gasteiger charge is -2.24. The first kappa shape index (κ1) is 19.3. The average Bonchev–Trinajstić information content (AvgIpc) is 3.44. The first-order chi connectivity index (χ1) is 14.0. The second-order valence-electron chi connectivity index (χ2n) is 7.37. The van der Waals surface area contributed by atoms with Gasteiger partial charge in [0.15, 0.2) is 5.69 Å². The maximum Gasteiger partial charge on any atom is 0.322 e. The van der Waals surface area contributed by atoms with Crippen molar-refractivity contribution in [3.8, 4) is 0 Å². The molecule has 3 amide bonds. The number of nitrogens with zero attached hydrogens (tertiary/aromatic N) is 5. The van der Waals surface area contributed by atoms with Crippen LogP contribution < -0.4 is 5.32 Å². The van der Waals surface area contributed by atoms with Gasteiger partial charge < -0.3 is 15.1 Å². The molecule has 154 valence electrons. The number of amides is 3. The van der Waals surface area contributed by atoms with Crippen molar-refractivity contribution in [1.29, 1.82) is 0 Å². The molecular formula is C19H22F2N6O2. The van der Waals surface area contributed by atoms with Crippen LogP contribution in [0.2, 0.25) is 0 Å². The molecule has 0 bridgehead atoms. The molecule has 0 saturated carbocycles. The van der Waals surface area contributed by atoms with Gasteiger partial charge in [-0.15, -0.1) is 5.10 Å². The predicted octanol–water partition coefficient (Wildman–Crippen LogP) is 2.30. The number of para-hydroxylation sites is 1. The standard InChI is InChI=1S/C19H22F2N6O2/c20-13-9-14(27(10-13)19(29)22-16-6-2-1-5-15(16)21)11-26-12-17(23-24-26)18(28)25-7-3-4-8-25/h1-2,5-6,12-14H,3-4,7-11H2,(H,22,29)/t13-,14-/m0/s1. The van der Waals surface area contributed by atoms with Crippen molar-refractivity contribution in [2.75, 3.05) is 25.0 Å². The number of hydrogen-bond donors (Lipinski definition) is 1. The molecule has 4 rings (SSSR count). The van der Waals surface area contributed by atoms with Crippen molar-refractivity contribution < 1.29 is 18.4 Å². The molecule has 0 aliphatic carbocycles. The first-order valence-corrected chi connectivity index (χ1v) is 9.67. The van der Waals surface area contributed by atoms with Crippen LogP contribution in [0.5, 0.6) is 0 Å². The van der Waals surface area contributed by atoms with Gasteiger partial charge >= 0.3 is 6.03 Å². The van der Waals surface area contributed by atoms with Crippen molar-refractivity contribution in [2.24, 2.45) is 0 Å². The number of urea groups is 1. The highest BCUT2D eigenvalue weighted by Gasteiger charge is 2.36. The summed E-state index contributed by atoms with van der Waals surface area (Å²) in [6.07, 6.45) is 2.44. The maximum absolute atomic E-state index is 14.0. The number of likely N-dealkylation sites (tertiary alicyclic amines) is 2. The molecule has 2 atom stereocenters. The second kappa shape index (κ2) is 8.14. The molecule has 2 aliphatic rings. The van der Waals surface area contributed by atoms with Crippen LogP contribution in [-0.4, -0.2) is 68.6 Å². The van der Waals surface area contributed by atoms with Crippen LogP contribution in [0.25, 0.3) is 0 Å². The van der Waals surface area contributed by atoms with Gasteiger partial charge in [-0.05, 0) is 25.0 Å². The molecule has 1 aromatic heterocycles. The maximum atomic E-state index is 14.0. The van der Waals surface area contributed by atoms with Crippen LogP contribution in [-0.2, 0) is 6.54 Å². The van der Waals surface area contributed by atoms with Crippen LogP contribution in [0.4, 0.5) is 19.3 Å². The van der Waals surface area contributed by atoms with Crippen LogP contribution in [0.15, 0.2) is 30.5 Å². The Morgan fingerprint density at radius 1 is 1.21 bits per heavy atom. The minimum Gasteiger partial charge on any atom is -0.337 e. The Bertz CT molecular complexity index is 898. The number of rotatable bonds is 4. The highest BCUT2D eigenvalue weighted by Crippen LogP contribution is 2.24. The molecule has 0 spiro atoms. The largest absolute Gasteiger partial charge is 0.337 e. The van der Waals surface area contributed by atoms with E-state index in [-0.39, 0.29) is 36.8 Å². The van der Waals surface area contributed by atoms with E-state index in [0.717, 1.165) is 12.8 Å². The van der Waals surface area contributed by atoms with Crippen molar-refractivity contribution in [3.63, 3.8) is 0 Å². The Kier molecular flexibility index (Phi) is 5.41. The van der Waals surface area contributed by atoms with E-state index < -0.39 is 24.1 Å². The Hall–Kier alpha value is -3.04. The molecule has 2 saturated heterocycles. The van der Waals surface area contributed by atoms with Crippen LogP contribution in [0.3, 0.4) is 0 Å². The summed E-state index contributed by atoms with van der Waals surface area (Å²) in [5.41, 5.74) is 0.280. The van der Waals surface area contributed by atoms with Crippen molar-refractivity contribution in [2.45, 2.75) is 38.0 Å². The third-order valence-electron chi connectivity index (χ3n) is 5.29. The van der Waals surface area contributed by atoms with Gasteiger partial charge in [0, 0.05) is 19.5 Å². The quantitative estimate of drug-likeness (QED) is 0.848. The van der Waals surface area contributed by atoms with Gasteiger partial charge in [0.2, 0.25) is 0 Å². The fourth-order valence-electron chi connectivity index (χ4n) is 3.81. The van der Waals surface area contributed by atoms with Gasteiger partial charge in [0.05, 0.1) is 31.0 Å². The van der Waals surface area contributed by atoms with Gasteiger partial charge in [-0.25, -0.2) is 18.3 Å². The van der Waals surface area contributed by atoms with Gasteiger partial charge in [0.25, 0.3) is 5.91 Å². The van der Waals surface area contributed by atoms with Gasteiger partial charge in [-0.1, -0.05) is 17.3 Å². The Balaban J connectivity index is 1.42. The summed E-state index contributed by atoms with van der Waals surface area (Å²) in [7, 11) is 0. The number of aromatic nitrogens is 3. The van der Waals surface area contributed by atoms with Crippen LogP contribution in [0.1, 0.15) is 29.8 Å². The van der Waals surface area contributed by atoms with E-state index in [0.29, 0.717) is 13.1 Å². The van der Waals surface area contributed by atoms with E-state index in [1.54, 1.807) is 11.0 Å². The number of carbonyl (C=O) groups excluding carboxylic acids is 2. The minimum absolute atomic E-state index is 0.0396. The summed E-state index contributed by atoms with van der Waals surface area (Å²) >= 11 is 0. The fraction of sp³-hybridized carbons (Fsp3) is 0.474. The minimum atomic E-state index is -1.18. The topological polar surface area (TPSA) is 83.4 Å². The summed E-state index contributed by atoms with van der Waals surface area (Å²) in [6.45, 7) is 1.54. The molecule has 2 aliphatic heterocycles. The van der Waals surface area contributed by atoms with Gasteiger partial charge in [0.1, 0.15) is 12.0 Å². The van der Waals surface area contributed by atoms with E-state index in [4.69, 9.17) is 0 Å². The third kappa shape index (κ3) is 4.20. The zero-order chi connectivity index (χ0) is 20.4. The second-order valence-corrected chi connectivity index (χ2v) is 7.37. The van der Waals surface area contributed by atoms with Crippen molar-refractivity contribution >= 4 is 17.6 Å². The highest BCUT2D eigenvalue weighted by atomic mass is 19.1. The van der Waals surface area contributed by atoms with E-state index >= 15 is 0 Å². The zero-order valence-electron chi connectivity index (χ0n) is 15.8. The van der Waals surface area contributed by atoms with Crippen molar-refractivity contribution in [1.82, 2.24) is 24.8 Å². The number of anilines is 1. The van der Waals surface area contributed by atoms with E-state index in [1.165, 1.54) is 34.0 Å². The lowest BCUT2D eigenvalue weighted by Crippen LogP contribution is -2.41. The lowest BCUT2D eigenvalue weighted by atomic mass is 10.2. The monoisotopic (exact) mass is 404 g/mol. The number of nitrogens with one attached hydrogen (secondary N) is 1. The lowest BCUT2D eigenvalue weighted by molar-refractivity contribution is 0.0787. The molecule has 10 heteroatoms. The van der Waals surface area contributed by atoms with Gasteiger partial charge in [-0.3, -0.25) is 4.79 Å². The SMILES string of the molecule is O=C(c1cn(C[C@@H]2C[C@H](F)CN2C(=O)Nc2ccccc2F)nn1)N1CCCC1. The number of carbonyl (C=O) groups is 2. The first-order valence-electron chi connectivity index (χ1n) is 9.67. The molecule has 0 unspecified atom stereocenters. The number of halogens is 2. The number of benzene rings is 1. The van der Waals surface area contributed by atoms with E-state index in [2.05, 4.69) is 15.6 Å². The molecule has 1 aromatic carbocycles. The molecule has 29 heavy (non-hydrogen) atoms. The van der Waals surface area contributed by atoms with Crippen molar-refractivity contribution in [3.05, 3.63) is 42.0 Å².